The molecule has 0 bridgehead atoms. The van der Waals surface area contributed by atoms with E-state index >= 15 is 0 Å². The summed E-state index contributed by atoms with van der Waals surface area (Å²) in [6.07, 6.45) is 0. The van der Waals surface area contributed by atoms with Crippen molar-refractivity contribution < 1.29 is 9.84 Å². The molecule has 0 amide bonds. The number of nitriles is 2. The molecular formula is C18H14Cl2N2O2. The minimum absolute atomic E-state index is 0.134. The van der Waals surface area contributed by atoms with Crippen LogP contribution in [-0.4, -0.2) is 5.11 Å². The first-order valence-electron chi connectivity index (χ1n) is 7.03. The lowest BCUT2D eigenvalue weighted by atomic mass is 9.86. The third-order valence-corrected chi connectivity index (χ3v) is 4.17. The van der Waals surface area contributed by atoms with Gasteiger partial charge in [-0.05, 0) is 11.5 Å². The van der Waals surface area contributed by atoms with Gasteiger partial charge in [-0.25, -0.2) is 0 Å². The molecule has 24 heavy (non-hydrogen) atoms. The van der Waals surface area contributed by atoms with Crippen molar-refractivity contribution >= 4 is 23.2 Å². The van der Waals surface area contributed by atoms with Crippen molar-refractivity contribution in [1.29, 1.82) is 10.5 Å². The fourth-order valence-electron chi connectivity index (χ4n) is 2.24. The zero-order chi connectivity index (χ0) is 18.1. The summed E-state index contributed by atoms with van der Waals surface area (Å²) in [6.45, 7) is 6.05. The number of para-hydroxylation sites is 1. The van der Waals surface area contributed by atoms with Crippen LogP contribution in [0.15, 0.2) is 24.3 Å². The number of phenolic OH excluding ortho intramolecular Hbond substituents is 1. The molecule has 0 saturated heterocycles. The smallest absolute Gasteiger partial charge is 0.190 e. The molecule has 0 spiro atoms. The Bertz CT molecular complexity index is 888. The number of halogens is 2. The maximum Gasteiger partial charge on any atom is 0.190 e. The average Bonchev–Trinajstić information content (AvgIpc) is 2.54. The second kappa shape index (κ2) is 6.61. The summed E-state index contributed by atoms with van der Waals surface area (Å²) in [6, 6.07) is 10.9. The van der Waals surface area contributed by atoms with Crippen LogP contribution in [0.1, 0.15) is 37.5 Å². The number of benzene rings is 2. The highest BCUT2D eigenvalue weighted by molar-refractivity contribution is 6.37. The van der Waals surface area contributed by atoms with Crippen molar-refractivity contribution in [2.45, 2.75) is 26.2 Å². The van der Waals surface area contributed by atoms with Crippen LogP contribution in [0.3, 0.4) is 0 Å². The van der Waals surface area contributed by atoms with Crippen molar-refractivity contribution in [3.8, 4) is 29.4 Å². The topological polar surface area (TPSA) is 77.0 Å². The molecule has 0 fully saturated rings. The van der Waals surface area contributed by atoms with Gasteiger partial charge in [0.1, 0.15) is 27.9 Å². The van der Waals surface area contributed by atoms with E-state index in [0.717, 1.165) is 5.56 Å². The largest absolute Gasteiger partial charge is 0.503 e. The van der Waals surface area contributed by atoms with E-state index in [2.05, 4.69) is 0 Å². The van der Waals surface area contributed by atoms with E-state index in [4.69, 9.17) is 33.2 Å². The molecule has 1 N–H and O–H groups in total. The molecule has 2 aromatic carbocycles. The summed E-state index contributed by atoms with van der Waals surface area (Å²) in [4.78, 5) is 0. The molecule has 0 unspecified atom stereocenters. The van der Waals surface area contributed by atoms with E-state index in [0.29, 0.717) is 5.75 Å². The second-order valence-corrected chi connectivity index (χ2v) is 6.88. The second-order valence-electron chi connectivity index (χ2n) is 6.13. The molecule has 122 valence electrons. The minimum atomic E-state index is -0.471. The van der Waals surface area contributed by atoms with Crippen LogP contribution in [0.4, 0.5) is 0 Å². The fourth-order valence-corrected chi connectivity index (χ4v) is 2.73. The molecule has 0 aliphatic heterocycles. The standard InChI is InChI=1S/C18H14Cl2N2O2/c1-18(2,3)12-6-4-5-7-13(12)24-17-15(20)11(9-22)10(8-21)14(19)16(17)23/h4-7,23H,1-3H3. The van der Waals surface area contributed by atoms with Crippen LogP contribution >= 0.6 is 23.2 Å². The molecule has 0 aromatic heterocycles. The number of hydrogen-bond donors (Lipinski definition) is 1. The van der Waals surface area contributed by atoms with E-state index in [9.17, 15) is 10.4 Å². The van der Waals surface area contributed by atoms with Gasteiger partial charge in [-0.15, -0.1) is 0 Å². The van der Waals surface area contributed by atoms with Gasteiger partial charge < -0.3 is 9.84 Å². The average molecular weight is 361 g/mol. The molecule has 4 nitrogen and oxygen atoms in total. The van der Waals surface area contributed by atoms with Gasteiger partial charge in [0.05, 0.1) is 11.1 Å². The maximum absolute atomic E-state index is 10.3. The van der Waals surface area contributed by atoms with Crippen LogP contribution in [0.5, 0.6) is 17.2 Å². The fraction of sp³-hybridized carbons (Fsp3) is 0.222. The van der Waals surface area contributed by atoms with E-state index in [-0.39, 0.29) is 32.3 Å². The summed E-state index contributed by atoms with van der Waals surface area (Å²) < 4.78 is 5.79. The number of hydrogen-bond acceptors (Lipinski definition) is 4. The van der Waals surface area contributed by atoms with Crippen molar-refractivity contribution in [2.24, 2.45) is 0 Å². The van der Waals surface area contributed by atoms with Gasteiger partial charge in [-0.2, -0.15) is 10.5 Å². The molecule has 2 rings (SSSR count). The van der Waals surface area contributed by atoms with E-state index in [1.54, 1.807) is 18.2 Å². The number of phenols is 1. The van der Waals surface area contributed by atoms with Gasteiger partial charge in [0.2, 0.25) is 0 Å². The Morgan fingerprint density at radius 3 is 2.08 bits per heavy atom. The van der Waals surface area contributed by atoms with Gasteiger partial charge in [0, 0.05) is 5.56 Å². The van der Waals surface area contributed by atoms with Crippen LogP contribution in [0.2, 0.25) is 10.0 Å². The van der Waals surface area contributed by atoms with Gasteiger partial charge >= 0.3 is 0 Å². The monoisotopic (exact) mass is 360 g/mol. The van der Waals surface area contributed by atoms with Crippen molar-refractivity contribution in [1.82, 2.24) is 0 Å². The Kier molecular flexibility index (Phi) is 4.94. The Balaban J connectivity index is 2.68. The first-order chi connectivity index (χ1) is 11.2. The molecule has 0 saturated carbocycles. The minimum Gasteiger partial charge on any atom is -0.503 e. The Labute approximate surface area is 150 Å². The summed E-state index contributed by atoms with van der Waals surface area (Å²) in [5, 5.41) is 28.2. The van der Waals surface area contributed by atoms with E-state index in [1.165, 1.54) is 0 Å². The highest BCUT2D eigenvalue weighted by Gasteiger charge is 2.26. The van der Waals surface area contributed by atoms with E-state index in [1.807, 2.05) is 39.0 Å². The first kappa shape index (κ1) is 17.9. The predicted octanol–water partition coefficient (Wildman–Crippen LogP) is 5.53. The lowest BCUT2D eigenvalue weighted by Gasteiger charge is -2.23. The number of nitrogens with zero attached hydrogens (tertiary/aromatic N) is 2. The molecule has 0 heterocycles. The number of aromatic hydroxyl groups is 1. The Morgan fingerprint density at radius 1 is 1.00 bits per heavy atom. The zero-order valence-electron chi connectivity index (χ0n) is 13.3. The van der Waals surface area contributed by atoms with Crippen LogP contribution < -0.4 is 4.74 Å². The van der Waals surface area contributed by atoms with Crippen LogP contribution in [0.25, 0.3) is 0 Å². The van der Waals surface area contributed by atoms with Crippen LogP contribution in [0, 0.1) is 22.7 Å². The lowest BCUT2D eigenvalue weighted by Crippen LogP contribution is -2.12. The molecule has 0 radical (unpaired) electrons. The molecule has 2 aromatic rings. The van der Waals surface area contributed by atoms with Gasteiger partial charge in [0.15, 0.2) is 11.5 Å². The number of ether oxygens (including phenoxy) is 1. The molecular weight excluding hydrogens is 347 g/mol. The van der Waals surface area contributed by atoms with Gasteiger partial charge in [-0.1, -0.05) is 62.2 Å². The van der Waals surface area contributed by atoms with Gasteiger partial charge in [-0.3, -0.25) is 0 Å². The summed E-state index contributed by atoms with van der Waals surface area (Å²) in [7, 11) is 0. The molecule has 0 atom stereocenters. The highest BCUT2D eigenvalue weighted by atomic mass is 35.5. The van der Waals surface area contributed by atoms with Crippen molar-refractivity contribution in [2.75, 3.05) is 0 Å². The Morgan fingerprint density at radius 2 is 1.54 bits per heavy atom. The highest BCUT2D eigenvalue weighted by Crippen LogP contribution is 2.47. The molecule has 6 heteroatoms. The third-order valence-electron chi connectivity index (χ3n) is 3.44. The number of rotatable bonds is 2. The van der Waals surface area contributed by atoms with Crippen molar-refractivity contribution in [3.05, 3.63) is 51.0 Å². The predicted molar refractivity (Wildman–Crippen MR) is 92.8 cm³/mol. The normalized spacial score (nSPS) is 10.8. The maximum atomic E-state index is 10.3. The summed E-state index contributed by atoms with van der Waals surface area (Å²) in [5.74, 6) is -0.137. The van der Waals surface area contributed by atoms with Crippen molar-refractivity contribution in [3.63, 3.8) is 0 Å². The SMILES string of the molecule is CC(C)(C)c1ccccc1Oc1c(O)c(Cl)c(C#N)c(C#N)c1Cl. The summed E-state index contributed by atoms with van der Waals surface area (Å²) >= 11 is 12.2. The first-order valence-corrected chi connectivity index (χ1v) is 7.79. The lowest BCUT2D eigenvalue weighted by molar-refractivity contribution is 0.402. The quantitative estimate of drug-likeness (QED) is 0.763. The zero-order valence-corrected chi connectivity index (χ0v) is 14.8. The van der Waals surface area contributed by atoms with E-state index < -0.39 is 5.75 Å². The van der Waals surface area contributed by atoms with Crippen LogP contribution in [-0.2, 0) is 5.41 Å². The third kappa shape index (κ3) is 3.12. The van der Waals surface area contributed by atoms with Gasteiger partial charge in [0.25, 0.3) is 0 Å². The summed E-state index contributed by atoms with van der Waals surface area (Å²) in [5.41, 5.74) is 0.357. The molecule has 0 aliphatic carbocycles. The molecule has 0 aliphatic rings. The Hall–Kier alpha value is -2.40.